The minimum atomic E-state index is -0.198. The third kappa shape index (κ3) is 6.81. The third-order valence-corrected chi connectivity index (χ3v) is 4.62. The van der Waals surface area contributed by atoms with Crippen LogP contribution in [0.2, 0.25) is 0 Å². The van der Waals surface area contributed by atoms with E-state index < -0.39 is 0 Å². The van der Waals surface area contributed by atoms with Crippen molar-refractivity contribution < 1.29 is 9.13 Å². The zero-order valence-corrected chi connectivity index (χ0v) is 19.3. The SMILES string of the molecule is CCNC(=NCc1ccc(C)c(F)c1)NCc1cccnc1N1CCOCC1.I. The first-order chi connectivity index (χ1) is 13.7. The molecule has 1 saturated heterocycles. The predicted molar refractivity (Wildman–Crippen MR) is 125 cm³/mol. The van der Waals surface area contributed by atoms with Crippen LogP contribution < -0.4 is 15.5 Å². The van der Waals surface area contributed by atoms with Gasteiger partial charge < -0.3 is 20.3 Å². The Morgan fingerprint density at radius 1 is 1.24 bits per heavy atom. The van der Waals surface area contributed by atoms with Crippen molar-refractivity contribution in [3.63, 3.8) is 0 Å². The maximum atomic E-state index is 13.7. The summed E-state index contributed by atoms with van der Waals surface area (Å²) in [6.07, 6.45) is 1.82. The Hall–Kier alpha value is -1.94. The van der Waals surface area contributed by atoms with Crippen LogP contribution in [0.1, 0.15) is 23.6 Å². The summed E-state index contributed by atoms with van der Waals surface area (Å²) >= 11 is 0. The number of ether oxygens (including phenoxy) is 1. The van der Waals surface area contributed by atoms with Crippen molar-refractivity contribution in [2.75, 3.05) is 37.7 Å². The molecule has 1 aromatic carbocycles. The molecule has 1 aromatic heterocycles. The van der Waals surface area contributed by atoms with Crippen molar-refractivity contribution in [1.82, 2.24) is 15.6 Å². The highest BCUT2D eigenvalue weighted by Gasteiger charge is 2.15. The van der Waals surface area contributed by atoms with Crippen molar-refractivity contribution in [3.05, 3.63) is 59.0 Å². The van der Waals surface area contributed by atoms with Gasteiger partial charge in [-0.05, 0) is 37.1 Å². The van der Waals surface area contributed by atoms with E-state index in [1.807, 2.05) is 25.3 Å². The molecular formula is C21H29FIN5O. The lowest BCUT2D eigenvalue weighted by Gasteiger charge is -2.29. The molecule has 158 valence electrons. The van der Waals surface area contributed by atoms with E-state index in [4.69, 9.17) is 4.74 Å². The van der Waals surface area contributed by atoms with E-state index in [9.17, 15) is 4.39 Å². The summed E-state index contributed by atoms with van der Waals surface area (Å²) in [6, 6.07) is 9.25. The maximum absolute atomic E-state index is 13.7. The molecule has 0 bridgehead atoms. The first-order valence-electron chi connectivity index (χ1n) is 9.71. The third-order valence-electron chi connectivity index (χ3n) is 4.62. The number of rotatable bonds is 6. The van der Waals surface area contributed by atoms with Crippen molar-refractivity contribution >= 4 is 35.8 Å². The Morgan fingerprint density at radius 2 is 2.03 bits per heavy atom. The molecule has 2 aromatic rings. The summed E-state index contributed by atoms with van der Waals surface area (Å²) < 4.78 is 19.2. The molecule has 0 unspecified atom stereocenters. The number of anilines is 1. The Balaban J connectivity index is 0.00000300. The molecule has 29 heavy (non-hydrogen) atoms. The molecule has 3 rings (SSSR count). The van der Waals surface area contributed by atoms with Gasteiger partial charge in [0.2, 0.25) is 0 Å². The van der Waals surface area contributed by atoms with Gasteiger partial charge in [-0.2, -0.15) is 0 Å². The highest BCUT2D eigenvalue weighted by Crippen LogP contribution is 2.18. The van der Waals surface area contributed by atoms with Gasteiger partial charge in [0.25, 0.3) is 0 Å². The normalized spacial score (nSPS) is 14.3. The summed E-state index contributed by atoms with van der Waals surface area (Å²) in [5, 5.41) is 6.60. The summed E-state index contributed by atoms with van der Waals surface area (Å²) in [5.74, 6) is 1.48. The van der Waals surface area contributed by atoms with Crippen LogP contribution in [0.4, 0.5) is 10.2 Å². The van der Waals surface area contributed by atoms with E-state index in [1.54, 1.807) is 19.1 Å². The number of aliphatic imine (C=N–C) groups is 1. The number of nitrogens with one attached hydrogen (secondary N) is 2. The number of hydrogen-bond donors (Lipinski definition) is 2. The molecule has 0 aliphatic carbocycles. The summed E-state index contributed by atoms with van der Waals surface area (Å²) in [5.41, 5.74) is 2.59. The van der Waals surface area contributed by atoms with E-state index in [-0.39, 0.29) is 29.8 Å². The van der Waals surface area contributed by atoms with E-state index in [0.717, 1.165) is 49.8 Å². The average molecular weight is 513 g/mol. The Morgan fingerprint density at radius 3 is 2.76 bits per heavy atom. The molecule has 0 atom stereocenters. The first kappa shape index (κ1) is 23.3. The van der Waals surface area contributed by atoms with Crippen molar-refractivity contribution in [1.29, 1.82) is 0 Å². The Labute approximate surface area is 189 Å². The summed E-state index contributed by atoms with van der Waals surface area (Å²) in [7, 11) is 0. The number of pyridine rings is 1. The number of benzene rings is 1. The lowest BCUT2D eigenvalue weighted by Crippen LogP contribution is -2.39. The number of aromatic nitrogens is 1. The van der Waals surface area contributed by atoms with Gasteiger partial charge in [0.05, 0.1) is 19.8 Å². The largest absolute Gasteiger partial charge is 0.378 e. The van der Waals surface area contributed by atoms with E-state index >= 15 is 0 Å². The second-order valence-corrected chi connectivity index (χ2v) is 6.72. The number of aryl methyl sites for hydroxylation is 1. The minimum Gasteiger partial charge on any atom is -0.378 e. The Bertz CT molecular complexity index is 811. The minimum absolute atomic E-state index is 0. The van der Waals surface area contributed by atoms with Gasteiger partial charge in [-0.3, -0.25) is 0 Å². The van der Waals surface area contributed by atoms with Crippen LogP contribution in [0.5, 0.6) is 0 Å². The smallest absolute Gasteiger partial charge is 0.191 e. The van der Waals surface area contributed by atoms with Crippen LogP contribution in [0.15, 0.2) is 41.5 Å². The van der Waals surface area contributed by atoms with Crippen LogP contribution in [0.25, 0.3) is 0 Å². The van der Waals surface area contributed by atoms with Crippen molar-refractivity contribution in [2.45, 2.75) is 26.9 Å². The van der Waals surface area contributed by atoms with Crippen LogP contribution >= 0.6 is 24.0 Å². The topological polar surface area (TPSA) is 61.8 Å². The molecule has 2 heterocycles. The highest BCUT2D eigenvalue weighted by molar-refractivity contribution is 14.0. The molecule has 1 fully saturated rings. The van der Waals surface area contributed by atoms with Gasteiger partial charge in [-0.15, -0.1) is 24.0 Å². The molecule has 0 spiro atoms. The zero-order chi connectivity index (χ0) is 19.8. The highest BCUT2D eigenvalue weighted by atomic mass is 127. The standard InChI is InChI=1S/C21H28FN5O.HI/c1-3-23-21(25-14-17-7-6-16(2)19(22)13-17)26-15-18-5-4-8-24-20(18)27-9-11-28-12-10-27;/h4-8,13H,3,9-12,14-15H2,1-2H3,(H2,23,25,26);1H. The Kier molecular flexibility index (Phi) is 9.59. The molecule has 0 saturated carbocycles. The maximum Gasteiger partial charge on any atom is 0.191 e. The van der Waals surface area contributed by atoms with E-state index in [2.05, 4.69) is 31.6 Å². The van der Waals surface area contributed by atoms with Crippen molar-refractivity contribution in [2.24, 2.45) is 4.99 Å². The van der Waals surface area contributed by atoms with E-state index in [0.29, 0.717) is 24.6 Å². The molecule has 0 radical (unpaired) electrons. The van der Waals surface area contributed by atoms with Crippen LogP contribution in [0, 0.1) is 12.7 Å². The quantitative estimate of drug-likeness (QED) is 0.353. The monoisotopic (exact) mass is 513 g/mol. The number of nitrogens with zero attached hydrogens (tertiary/aromatic N) is 3. The fraction of sp³-hybridized carbons (Fsp3) is 0.429. The second kappa shape index (κ2) is 11.9. The van der Waals surface area contributed by atoms with Gasteiger partial charge in [0, 0.05) is 37.9 Å². The van der Waals surface area contributed by atoms with Gasteiger partial charge >= 0.3 is 0 Å². The molecular weight excluding hydrogens is 484 g/mol. The number of hydrogen-bond acceptors (Lipinski definition) is 4. The van der Waals surface area contributed by atoms with Gasteiger partial charge in [0.15, 0.2) is 5.96 Å². The molecule has 6 nitrogen and oxygen atoms in total. The molecule has 0 amide bonds. The van der Waals surface area contributed by atoms with Crippen LogP contribution in [-0.2, 0) is 17.8 Å². The number of halogens is 2. The number of guanidine groups is 1. The van der Waals surface area contributed by atoms with Crippen molar-refractivity contribution in [3.8, 4) is 0 Å². The van der Waals surface area contributed by atoms with Crippen LogP contribution in [0.3, 0.4) is 0 Å². The first-order valence-corrected chi connectivity index (χ1v) is 9.71. The lowest BCUT2D eigenvalue weighted by molar-refractivity contribution is 0.122. The fourth-order valence-electron chi connectivity index (χ4n) is 3.05. The molecule has 8 heteroatoms. The van der Waals surface area contributed by atoms with Gasteiger partial charge in [-0.1, -0.05) is 18.2 Å². The van der Waals surface area contributed by atoms with Gasteiger partial charge in [-0.25, -0.2) is 14.4 Å². The zero-order valence-electron chi connectivity index (χ0n) is 16.9. The second-order valence-electron chi connectivity index (χ2n) is 6.72. The molecule has 2 N–H and O–H groups in total. The van der Waals surface area contributed by atoms with Gasteiger partial charge in [0.1, 0.15) is 11.6 Å². The fourth-order valence-corrected chi connectivity index (χ4v) is 3.05. The molecule has 1 aliphatic heterocycles. The van der Waals surface area contributed by atoms with Crippen LogP contribution in [-0.4, -0.2) is 43.8 Å². The lowest BCUT2D eigenvalue weighted by atomic mass is 10.1. The summed E-state index contributed by atoms with van der Waals surface area (Å²) in [4.78, 5) is 11.4. The molecule has 1 aliphatic rings. The van der Waals surface area contributed by atoms with E-state index in [1.165, 1.54) is 0 Å². The average Bonchev–Trinajstić information content (AvgIpc) is 2.73. The summed E-state index contributed by atoms with van der Waals surface area (Å²) in [6.45, 7) is 8.68. The predicted octanol–water partition coefficient (Wildman–Crippen LogP) is 3.24. The number of morpholine rings is 1.